The number of carbonyl (C=O) groups excluding carboxylic acids is 2. The second-order valence-corrected chi connectivity index (χ2v) is 9.17. The Morgan fingerprint density at radius 2 is 1.83 bits per heavy atom. The molecule has 162 valence electrons. The van der Waals surface area contributed by atoms with Crippen LogP contribution < -0.4 is 0 Å². The Morgan fingerprint density at radius 1 is 1.17 bits per heavy atom. The fourth-order valence-corrected chi connectivity index (χ4v) is 4.25. The maximum atomic E-state index is 13.1. The molecule has 0 aromatic carbocycles. The minimum Gasteiger partial charge on any atom is -0.444 e. The van der Waals surface area contributed by atoms with E-state index in [2.05, 4.69) is 10.1 Å². The van der Waals surface area contributed by atoms with Crippen molar-refractivity contribution in [3.8, 4) is 0 Å². The fraction of sp³-hybridized carbons (Fsp3) is 0.524. The lowest BCUT2D eigenvalue weighted by Gasteiger charge is -2.35. The summed E-state index contributed by atoms with van der Waals surface area (Å²) in [5.74, 6) is 1.33. The molecule has 1 fully saturated rings. The van der Waals surface area contributed by atoms with Crippen molar-refractivity contribution in [3.63, 3.8) is 0 Å². The van der Waals surface area contributed by atoms with E-state index in [1.54, 1.807) is 28.1 Å². The Kier molecular flexibility index (Phi) is 6.70. The lowest BCUT2D eigenvalue weighted by molar-refractivity contribution is 0.0140. The van der Waals surface area contributed by atoms with E-state index in [-0.39, 0.29) is 12.0 Å². The molecular weight excluding hydrogens is 404 g/mol. The van der Waals surface area contributed by atoms with Crippen molar-refractivity contribution in [2.75, 3.05) is 26.2 Å². The molecule has 3 rings (SSSR count). The van der Waals surface area contributed by atoms with Crippen LogP contribution in [-0.4, -0.2) is 63.7 Å². The molecule has 0 saturated carbocycles. The average molecular weight is 433 g/mol. The van der Waals surface area contributed by atoms with E-state index in [0.29, 0.717) is 42.5 Å². The standard InChI is InChI=1S/C21H28N4O4S/c1-14-17(15(2)29-23-14)13-30-18-16(7-6-8-22-18)19(26)24-9-11-25(12-10-24)20(27)28-21(3,4)5/h6-8H,9-13H2,1-5H3. The number of hydrogen-bond donors (Lipinski definition) is 0. The highest BCUT2D eigenvalue weighted by Gasteiger charge is 2.29. The molecule has 1 aliphatic rings. The number of pyridine rings is 1. The summed E-state index contributed by atoms with van der Waals surface area (Å²) in [6.45, 7) is 11.1. The lowest BCUT2D eigenvalue weighted by Crippen LogP contribution is -2.51. The number of thioether (sulfide) groups is 1. The van der Waals surface area contributed by atoms with Crippen molar-refractivity contribution in [2.45, 2.75) is 51.0 Å². The zero-order valence-electron chi connectivity index (χ0n) is 18.1. The molecule has 0 atom stereocenters. The van der Waals surface area contributed by atoms with Gasteiger partial charge in [-0.15, -0.1) is 11.8 Å². The molecular formula is C21H28N4O4S. The molecule has 2 aromatic heterocycles. The number of ether oxygens (including phenoxy) is 1. The number of amides is 2. The van der Waals surface area contributed by atoms with Gasteiger partial charge in [-0.05, 0) is 46.8 Å². The average Bonchev–Trinajstić information content (AvgIpc) is 3.02. The van der Waals surface area contributed by atoms with Crippen LogP contribution in [0.3, 0.4) is 0 Å². The van der Waals surface area contributed by atoms with E-state index in [0.717, 1.165) is 17.0 Å². The topological polar surface area (TPSA) is 88.8 Å². The summed E-state index contributed by atoms with van der Waals surface area (Å²) < 4.78 is 10.6. The van der Waals surface area contributed by atoms with Crippen LogP contribution in [0.2, 0.25) is 0 Å². The molecule has 0 radical (unpaired) electrons. The van der Waals surface area contributed by atoms with E-state index < -0.39 is 5.60 Å². The van der Waals surface area contributed by atoms with Gasteiger partial charge >= 0.3 is 6.09 Å². The summed E-state index contributed by atoms with van der Waals surface area (Å²) in [5.41, 5.74) is 1.91. The second-order valence-electron chi connectivity index (χ2n) is 8.21. The number of aryl methyl sites for hydroxylation is 2. The second kappa shape index (κ2) is 9.07. The highest BCUT2D eigenvalue weighted by molar-refractivity contribution is 7.98. The van der Waals surface area contributed by atoms with Gasteiger partial charge in [0.2, 0.25) is 0 Å². The first-order chi connectivity index (χ1) is 14.2. The SMILES string of the molecule is Cc1noc(C)c1CSc1ncccc1C(=O)N1CCN(C(=O)OC(C)(C)C)CC1. The van der Waals surface area contributed by atoms with Crippen LogP contribution in [0.5, 0.6) is 0 Å². The largest absolute Gasteiger partial charge is 0.444 e. The van der Waals surface area contributed by atoms with Gasteiger partial charge in [-0.1, -0.05) is 5.16 Å². The van der Waals surface area contributed by atoms with Crippen LogP contribution in [0.1, 0.15) is 48.1 Å². The number of aromatic nitrogens is 2. The van der Waals surface area contributed by atoms with Gasteiger partial charge in [0.25, 0.3) is 5.91 Å². The van der Waals surface area contributed by atoms with Gasteiger partial charge in [0.05, 0.1) is 11.3 Å². The molecule has 0 spiro atoms. The van der Waals surface area contributed by atoms with Gasteiger partial charge in [0.15, 0.2) is 0 Å². The Hall–Kier alpha value is -2.55. The number of rotatable bonds is 4. The van der Waals surface area contributed by atoms with E-state index in [1.165, 1.54) is 11.8 Å². The van der Waals surface area contributed by atoms with Crippen molar-refractivity contribution < 1.29 is 18.8 Å². The van der Waals surface area contributed by atoms with Crippen molar-refractivity contribution in [1.82, 2.24) is 19.9 Å². The molecule has 0 N–H and O–H groups in total. The normalized spacial score (nSPS) is 14.7. The molecule has 0 unspecified atom stereocenters. The summed E-state index contributed by atoms with van der Waals surface area (Å²) in [4.78, 5) is 33.2. The predicted octanol–water partition coefficient (Wildman–Crippen LogP) is 3.67. The van der Waals surface area contributed by atoms with Crippen molar-refractivity contribution in [1.29, 1.82) is 0 Å². The van der Waals surface area contributed by atoms with E-state index in [9.17, 15) is 9.59 Å². The first kappa shape index (κ1) is 22.1. The quantitative estimate of drug-likeness (QED) is 0.681. The molecule has 0 bridgehead atoms. The highest BCUT2D eigenvalue weighted by atomic mass is 32.2. The highest BCUT2D eigenvalue weighted by Crippen LogP contribution is 2.28. The number of nitrogens with zero attached hydrogens (tertiary/aromatic N) is 4. The summed E-state index contributed by atoms with van der Waals surface area (Å²) in [6, 6.07) is 3.56. The van der Waals surface area contributed by atoms with E-state index in [4.69, 9.17) is 9.26 Å². The Morgan fingerprint density at radius 3 is 2.43 bits per heavy atom. The van der Waals surface area contributed by atoms with Crippen LogP contribution >= 0.6 is 11.8 Å². The van der Waals surface area contributed by atoms with Gasteiger partial charge in [-0.25, -0.2) is 9.78 Å². The molecule has 8 nitrogen and oxygen atoms in total. The minimum atomic E-state index is -0.535. The zero-order valence-corrected chi connectivity index (χ0v) is 18.9. The van der Waals surface area contributed by atoms with Crippen LogP contribution in [-0.2, 0) is 10.5 Å². The number of carbonyl (C=O) groups is 2. The lowest BCUT2D eigenvalue weighted by atomic mass is 10.2. The molecule has 3 heterocycles. The van der Waals surface area contributed by atoms with E-state index >= 15 is 0 Å². The molecule has 2 aromatic rings. The maximum absolute atomic E-state index is 13.1. The van der Waals surface area contributed by atoms with Gasteiger partial charge in [-0.3, -0.25) is 4.79 Å². The van der Waals surface area contributed by atoms with Crippen LogP contribution in [0.25, 0.3) is 0 Å². The Balaban J connectivity index is 1.63. The van der Waals surface area contributed by atoms with Crippen molar-refractivity contribution in [3.05, 3.63) is 40.9 Å². The molecule has 2 amide bonds. The third-order valence-electron chi connectivity index (χ3n) is 4.75. The number of hydrogen-bond acceptors (Lipinski definition) is 7. The Labute approximate surface area is 180 Å². The van der Waals surface area contributed by atoms with Gasteiger partial charge in [0, 0.05) is 43.7 Å². The summed E-state index contributed by atoms with van der Waals surface area (Å²) in [6.07, 6.45) is 1.35. The first-order valence-electron chi connectivity index (χ1n) is 9.92. The number of piperazine rings is 1. The summed E-state index contributed by atoms with van der Waals surface area (Å²) in [7, 11) is 0. The summed E-state index contributed by atoms with van der Waals surface area (Å²) in [5, 5.41) is 4.65. The molecule has 30 heavy (non-hydrogen) atoms. The molecule has 9 heteroatoms. The van der Waals surface area contributed by atoms with Crippen molar-refractivity contribution in [2.24, 2.45) is 0 Å². The van der Waals surface area contributed by atoms with Crippen LogP contribution in [0.15, 0.2) is 27.9 Å². The third kappa shape index (κ3) is 5.33. The van der Waals surface area contributed by atoms with E-state index in [1.807, 2.05) is 34.6 Å². The molecule has 1 aliphatic heterocycles. The zero-order chi connectivity index (χ0) is 21.9. The minimum absolute atomic E-state index is 0.0757. The first-order valence-corrected chi connectivity index (χ1v) is 10.9. The molecule has 0 aliphatic carbocycles. The van der Waals surface area contributed by atoms with Gasteiger partial charge < -0.3 is 19.1 Å². The molecule has 1 saturated heterocycles. The van der Waals surface area contributed by atoms with Gasteiger partial charge in [-0.2, -0.15) is 0 Å². The smallest absolute Gasteiger partial charge is 0.410 e. The monoisotopic (exact) mass is 432 g/mol. The van der Waals surface area contributed by atoms with Crippen LogP contribution in [0.4, 0.5) is 4.79 Å². The van der Waals surface area contributed by atoms with Gasteiger partial charge in [0.1, 0.15) is 16.4 Å². The van der Waals surface area contributed by atoms with Crippen LogP contribution in [0, 0.1) is 13.8 Å². The fourth-order valence-electron chi connectivity index (χ4n) is 3.11. The predicted molar refractivity (Wildman–Crippen MR) is 113 cm³/mol. The third-order valence-corrected chi connectivity index (χ3v) is 5.79. The maximum Gasteiger partial charge on any atom is 0.410 e. The van der Waals surface area contributed by atoms with Crippen molar-refractivity contribution >= 4 is 23.8 Å². The Bertz CT molecular complexity index is 894. The summed E-state index contributed by atoms with van der Waals surface area (Å²) >= 11 is 1.49.